The third-order valence-electron chi connectivity index (χ3n) is 10.3. The van der Waals surface area contributed by atoms with Crippen molar-refractivity contribution in [1.82, 2.24) is 0 Å². The van der Waals surface area contributed by atoms with Crippen LogP contribution in [0.5, 0.6) is 0 Å². The number of hydrogen-bond donors (Lipinski definition) is 0. The molecule has 4 aromatic carbocycles. The molecule has 1 aliphatic heterocycles. The zero-order chi connectivity index (χ0) is 29.5. The third kappa shape index (κ3) is 5.04. The summed E-state index contributed by atoms with van der Waals surface area (Å²) in [5.41, 5.74) is 18.4. The van der Waals surface area contributed by atoms with Crippen LogP contribution in [0.1, 0.15) is 94.0 Å². The summed E-state index contributed by atoms with van der Waals surface area (Å²) in [5.74, 6) is 1.11. The van der Waals surface area contributed by atoms with Gasteiger partial charge in [-0.2, -0.15) is 0 Å². The molecule has 0 aromatic heterocycles. The molecule has 0 fully saturated rings. The second kappa shape index (κ2) is 12.3. The Kier molecular flexibility index (Phi) is 9.36. The molecule has 1 heterocycles. The standard InChI is InChI=1S/C40H42Si.2ClH.Zr/c1-25(2)29-15-19-31(20-16-29)35-13-9-11-33-23-27(5)39(37(33)35)41(7,8)40-28(6)24-34-12-10-14-36(38(34)40)32-21-17-30(18-22-32)26(3)4;;;/h9-26H,1-8H3;2*1H;/q;;;+2/p-2. The Bertz CT molecular complexity index is 1660. The van der Waals surface area contributed by atoms with E-state index in [4.69, 9.17) is 0 Å². The van der Waals surface area contributed by atoms with Crippen molar-refractivity contribution in [3.05, 3.63) is 129 Å². The molecule has 4 aromatic rings. The van der Waals surface area contributed by atoms with Crippen LogP contribution in [-0.2, 0) is 23.2 Å². The number of benzene rings is 4. The topological polar surface area (TPSA) is 0 Å². The maximum atomic E-state index is 2.66. The van der Waals surface area contributed by atoms with Gasteiger partial charge in [0.2, 0.25) is 0 Å². The Hall–Kier alpha value is -1.96. The number of fused-ring (bicyclic) bond motifs is 8. The van der Waals surface area contributed by atoms with Crippen LogP contribution in [-0.4, -0.2) is 8.07 Å². The molecule has 0 saturated carbocycles. The van der Waals surface area contributed by atoms with E-state index in [1.54, 1.807) is 43.8 Å². The van der Waals surface area contributed by atoms with E-state index in [2.05, 4.69) is 140 Å². The molecular weight excluding hydrogens is 671 g/mol. The molecule has 3 aliphatic rings. The van der Waals surface area contributed by atoms with Gasteiger partial charge < -0.3 is 24.8 Å². The van der Waals surface area contributed by atoms with Gasteiger partial charge in [0.15, 0.2) is 0 Å². The van der Waals surface area contributed by atoms with E-state index < -0.39 is 31.3 Å². The van der Waals surface area contributed by atoms with Crippen LogP contribution < -0.4 is 24.8 Å². The number of rotatable bonds is 4. The molecule has 0 radical (unpaired) electrons. The number of hydrogen-bond acceptors (Lipinski definition) is 0. The van der Waals surface area contributed by atoms with Crippen molar-refractivity contribution in [3.63, 3.8) is 0 Å². The Labute approximate surface area is 289 Å². The molecule has 0 nitrogen and oxygen atoms in total. The molecule has 44 heavy (non-hydrogen) atoms. The van der Waals surface area contributed by atoms with Gasteiger partial charge in [0, 0.05) is 0 Å². The minimum Gasteiger partial charge on any atom is -1.00 e. The van der Waals surface area contributed by atoms with E-state index in [9.17, 15) is 0 Å². The summed E-state index contributed by atoms with van der Waals surface area (Å²) in [4.78, 5) is 0. The summed E-state index contributed by atoms with van der Waals surface area (Å²) in [6, 6.07) is 33.4. The summed E-state index contributed by atoms with van der Waals surface area (Å²) in [6.45, 7) is 19.5. The second-order valence-electron chi connectivity index (χ2n) is 13.9. The van der Waals surface area contributed by atoms with Gasteiger partial charge in [-0.15, -0.1) is 0 Å². The van der Waals surface area contributed by atoms with Crippen molar-refractivity contribution in [2.24, 2.45) is 0 Å². The third-order valence-corrected chi connectivity index (χ3v) is 19.4. The molecule has 2 unspecified atom stereocenters. The predicted octanol–water partition coefficient (Wildman–Crippen LogP) is 5.51. The fourth-order valence-corrected chi connectivity index (χ4v) is 18.1. The first-order chi connectivity index (χ1) is 20.1. The molecule has 0 amide bonds. The number of halogens is 2. The zero-order valence-electron chi connectivity index (χ0n) is 27.1. The first-order valence-electron chi connectivity index (χ1n) is 15.7. The fraction of sp³-hybridized carbons (Fsp3) is 0.300. The predicted molar refractivity (Wildman–Crippen MR) is 180 cm³/mol. The molecule has 0 N–H and O–H groups in total. The second-order valence-corrected chi connectivity index (χ2v) is 21.8. The fourth-order valence-electron chi connectivity index (χ4n) is 8.24. The number of allylic oxidation sites excluding steroid dienone is 2. The summed E-state index contributed by atoms with van der Waals surface area (Å²) in [5, 5.41) is 3.47. The van der Waals surface area contributed by atoms with Gasteiger partial charge in [-0.25, -0.2) is 0 Å². The van der Waals surface area contributed by atoms with Crippen LogP contribution in [0.4, 0.5) is 0 Å². The van der Waals surface area contributed by atoms with Gasteiger partial charge in [-0.3, -0.25) is 0 Å². The minimum atomic E-state index is -2.08. The van der Waals surface area contributed by atoms with Crippen molar-refractivity contribution < 1.29 is 48.0 Å². The van der Waals surface area contributed by atoms with Gasteiger partial charge in [-0.05, 0) is 0 Å². The monoisotopic (exact) mass is 710 g/mol. The van der Waals surface area contributed by atoms with E-state index in [0.717, 1.165) is 0 Å². The SMILES string of the molecule is CC1=C2c3c(-c4ccc(C(C)C)cc4)cccc3[CH]1[Zr+2][CH]1C(C)=C(c3c(-c4ccc(C(C)C)cc4)cccc31)[Si]2(C)C.[Cl-].[Cl-]. The molecule has 2 aliphatic carbocycles. The van der Waals surface area contributed by atoms with Gasteiger partial charge >= 0.3 is 267 Å². The first kappa shape index (κ1) is 33.4. The van der Waals surface area contributed by atoms with E-state index in [-0.39, 0.29) is 24.8 Å². The van der Waals surface area contributed by atoms with Gasteiger partial charge in [0.05, 0.1) is 0 Å². The van der Waals surface area contributed by atoms with E-state index >= 15 is 0 Å². The average molecular weight is 713 g/mol. The van der Waals surface area contributed by atoms with E-state index in [0.29, 0.717) is 19.1 Å². The first-order valence-corrected chi connectivity index (χ1v) is 21.6. The Balaban J connectivity index is 0.00000192. The van der Waals surface area contributed by atoms with Crippen molar-refractivity contribution in [1.29, 1.82) is 0 Å². The average Bonchev–Trinajstić information content (AvgIpc) is 3.45. The maximum Gasteiger partial charge on any atom is -1.00 e. The van der Waals surface area contributed by atoms with Crippen LogP contribution in [0, 0.1) is 0 Å². The van der Waals surface area contributed by atoms with Crippen molar-refractivity contribution in [2.45, 2.75) is 73.7 Å². The molecule has 224 valence electrons. The van der Waals surface area contributed by atoms with E-state index in [1.165, 1.54) is 33.4 Å². The van der Waals surface area contributed by atoms with Crippen molar-refractivity contribution in [2.75, 3.05) is 0 Å². The van der Waals surface area contributed by atoms with Gasteiger partial charge in [0.25, 0.3) is 0 Å². The van der Waals surface area contributed by atoms with E-state index in [1.807, 2.05) is 0 Å². The summed E-state index contributed by atoms with van der Waals surface area (Å²) in [6.07, 6.45) is 0. The Morgan fingerprint density at radius 2 is 0.909 bits per heavy atom. The molecule has 7 rings (SSSR count). The maximum absolute atomic E-state index is 2.66. The normalized spacial score (nSPS) is 19.0. The molecule has 4 bridgehead atoms. The molecular formula is C40H42Cl2SiZr. The molecule has 2 atom stereocenters. The molecule has 4 heteroatoms. The van der Waals surface area contributed by atoms with Crippen LogP contribution in [0.2, 0.25) is 13.1 Å². The molecule has 0 saturated heterocycles. The van der Waals surface area contributed by atoms with Crippen LogP contribution >= 0.6 is 0 Å². The van der Waals surface area contributed by atoms with Crippen LogP contribution in [0.25, 0.3) is 32.6 Å². The van der Waals surface area contributed by atoms with Crippen LogP contribution in [0.3, 0.4) is 0 Å². The van der Waals surface area contributed by atoms with Crippen LogP contribution in [0.15, 0.2) is 96.1 Å². The summed E-state index contributed by atoms with van der Waals surface area (Å²) in [7, 11) is -2.08. The molecule has 0 spiro atoms. The minimum absolute atomic E-state index is 0. The van der Waals surface area contributed by atoms with Crippen molar-refractivity contribution >= 4 is 18.5 Å². The van der Waals surface area contributed by atoms with Gasteiger partial charge in [0.1, 0.15) is 0 Å². The summed E-state index contributed by atoms with van der Waals surface area (Å²) >= 11 is -0.895. The quantitative estimate of drug-likeness (QED) is 0.245. The largest absolute Gasteiger partial charge is 1.00 e. The smallest absolute Gasteiger partial charge is 1.00 e. The van der Waals surface area contributed by atoms with Gasteiger partial charge in [-0.1, -0.05) is 0 Å². The Morgan fingerprint density at radius 1 is 0.545 bits per heavy atom. The summed E-state index contributed by atoms with van der Waals surface area (Å²) < 4.78 is 1.31. The van der Waals surface area contributed by atoms with Crippen molar-refractivity contribution in [3.8, 4) is 22.3 Å². The zero-order valence-corrected chi connectivity index (χ0v) is 32.1. The Morgan fingerprint density at radius 3 is 1.25 bits per heavy atom.